The van der Waals surface area contributed by atoms with E-state index in [1.165, 1.54) is 11.6 Å². The summed E-state index contributed by atoms with van der Waals surface area (Å²) in [6.07, 6.45) is 0. The standard InChI is InChI=1S/C18H22FN3OS/c19-17-4-2-1-3-16(17)11-20-18(23)13-22-8-6-21(7-9-22)12-15-5-10-24-14-15/h1-5,10,14H,6-9,11-13H2,(H,20,23). The lowest BCUT2D eigenvalue weighted by molar-refractivity contribution is -0.122. The van der Waals surface area contributed by atoms with Crippen molar-refractivity contribution in [2.75, 3.05) is 32.7 Å². The Morgan fingerprint density at radius 2 is 1.88 bits per heavy atom. The molecule has 3 rings (SSSR count). The maximum atomic E-state index is 13.5. The summed E-state index contributed by atoms with van der Waals surface area (Å²) < 4.78 is 13.5. The molecule has 2 aromatic rings. The van der Waals surface area contributed by atoms with Crippen molar-refractivity contribution in [3.8, 4) is 0 Å². The minimum Gasteiger partial charge on any atom is -0.351 e. The van der Waals surface area contributed by atoms with E-state index in [1.54, 1.807) is 29.5 Å². The van der Waals surface area contributed by atoms with Crippen molar-refractivity contribution in [3.63, 3.8) is 0 Å². The molecule has 0 spiro atoms. The summed E-state index contributed by atoms with van der Waals surface area (Å²) in [5.74, 6) is -0.329. The van der Waals surface area contributed by atoms with E-state index in [4.69, 9.17) is 0 Å². The Hall–Kier alpha value is -1.76. The number of nitrogens with zero attached hydrogens (tertiary/aromatic N) is 2. The van der Waals surface area contributed by atoms with Gasteiger partial charge in [0, 0.05) is 44.8 Å². The van der Waals surface area contributed by atoms with E-state index < -0.39 is 0 Å². The van der Waals surface area contributed by atoms with Crippen molar-refractivity contribution < 1.29 is 9.18 Å². The van der Waals surface area contributed by atoms with E-state index in [1.807, 2.05) is 0 Å². The quantitative estimate of drug-likeness (QED) is 0.871. The molecule has 1 aromatic heterocycles. The Labute approximate surface area is 145 Å². The van der Waals surface area contributed by atoms with E-state index in [9.17, 15) is 9.18 Å². The number of carbonyl (C=O) groups is 1. The molecule has 0 unspecified atom stereocenters. The largest absolute Gasteiger partial charge is 0.351 e. The van der Waals surface area contributed by atoms with Crippen LogP contribution in [-0.4, -0.2) is 48.4 Å². The molecule has 6 heteroatoms. The first-order valence-corrected chi connectivity index (χ1v) is 9.11. The molecule has 0 aliphatic carbocycles. The van der Waals surface area contributed by atoms with Crippen LogP contribution in [0, 0.1) is 5.82 Å². The Bertz CT molecular complexity index is 654. The summed E-state index contributed by atoms with van der Waals surface area (Å²) in [6, 6.07) is 8.69. The molecule has 0 atom stereocenters. The number of amides is 1. The third-order valence-electron chi connectivity index (χ3n) is 4.25. The number of halogens is 1. The molecule has 24 heavy (non-hydrogen) atoms. The van der Waals surface area contributed by atoms with Crippen molar-refractivity contribution in [2.24, 2.45) is 0 Å². The first kappa shape index (κ1) is 17.1. The van der Waals surface area contributed by atoms with E-state index in [0.717, 1.165) is 32.7 Å². The van der Waals surface area contributed by atoms with Crippen molar-refractivity contribution in [2.45, 2.75) is 13.1 Å². The number of benzene rings is 1. The van der Waals surface area contributed by atoms with Crippen LogP contribution in [-0.2, 0) is 17.9 Å². The Morgan fingerprint density at radius 3 is 2.58 bits per heavy atom. The number of carbonyl (C=O) groups excluding carboxylic acids is 1. The van der Waals surface area contributed by atoms with Crippen LogP contribution < -0.4 is 5.32 Å². The second-order valence-electron chi connectivity index (χ2n) is 6.05. The molecular weight excluding hydrogens is 325 g/mol. The molecule has 2 heterocycles. The summed E-state index contributed by atoms with van der Waals surface area (Å²) in [7, 11) is 0. The van der Waals surface area contributed by atoms with Crippen LogP contribution in [0.2, 0.25) is 0 Å². The van der Waals surface area contributed by atoms with Gasteiger partial charge >= 0.3 is 0 Å². The van der Waals surface area contributed by atoms with Crippen molar-refractivity contribution in [1.82, 2.24) is 15.1 Å². The lowest BCUT2D eigenvalue weighted by Crippen LogP contribution is -2.49. The molecule has 128 valence electrons. The van der Waals surface area contributed by atoms with Gasteiger partial charge in [-0.3, -0.25) is 14.6 Å². The van der Waals surface area contributed by atoms with Crippen LogP contribution in [0.1, 0.15) is 11.1 Å². The molecule has 1 aliphatic rings. The summed E-state index contributed by atoms with van der Waals surface area (Å²) in [6.45, 7) is 5.31. The Balaban J connectivity index is 1.38. The molecule has 0 saturated carbocycles. The van der Waals surface area contributed by atoms with Gasteiger partial charge in [-0.15, -0.1) is 0 Å². The highest BCUT2D eigenvalue weighted by atomic mass is 32.1. The molecule has 1 saturated heterocycles. The van der Waals surface area contributed by atoms with Crippen LogP contribution >= 0.6 is 11.3 Å². The molecule has 1 fully saturated rings. The van der Waals surface area contributed by atoms with Gasteiger partial charge in [-0.05, 0) is 28.5 Å². The molecule has 1 N–H and O–H groups in total. The van der Waals surface area contributed by atoms with E-state index in [2.05, 4.69) is 31.9 Å². The highest BCUT2D eigenvalue weighted by Gasteiger charge is 2.19. The number of rotatable bonds is 6. The fourth-order valence-electron chi connectivity index (χ4n) is 2.84. The fraction of sp³-hybridized carbons (Fsp3) is 0.389. The van der Waals surface area contributed by atoms with Crippen LogP contribution in [0.25, 0.3) is 0 Å². The van der Waals surface area contributed by atoms with E-state index >= 15 is 0 Å². The van der Waals surface area contributed by atoms with Gasteiger partial charge in [-0.25, -0.2) is 4.39 Å². The van der Waals surface area contributed by atoms with Crippen molar-refractivity contribution in [1.29, 1.82) is 0 Å². The maximum Gasteiger partial charge on any atom is 0.234 e. The molecular formula is C18H22FN3OS. The second kappa shape index (κ2) is 8.37. The predicted octanol–water partition coefficient (Wildman–Crippen LogP) is 2.32. The minimum atomic E-state index is -0.278. The van der Waals surface area contributed by atoms with Crippen LogP contribution in [0.3, 0.4) is 0 Å². The zero-order chi connectivity index (χ0) is 16.8. The van der Waals surface area contributed by atoms with Crippen LogP contribution in [0.4, 0.5) is 4.39 Å². The first-order valence-electron chi connectivity index (χ1n) is 8.16. The highest BCUT2D eigenvalue weighted by molar-refractivity contribution is 7.07. The van der Waals surface area contributed by atoms with Gasteiger partial charge in [0.2, 0.25) is 5.91 Å². The molecule has 1 amide bonds. The summed E-state index contributed by atoms with van der Waals surface area (Å²) in [5.41, 5.74) is 1.88. The average molecular weight is 347 g/mol. The molecule has 4 nitrogen and oxygen atoms in total. The molecule has 0 bridgehead atoms. The normalized spacial score (nSPS) is 16.2. The Kier molecular flexibility index (Phi) is 5.96. The highest BCUT2D eigenvalue weighted by Crippen LogP contribution is 2.11. The number of hydrogen-bond donors (Lipinski definition) is 1. The van der Waals surface area contributed by atoms with E-state index in [-0.39, 0.29) is 18.3 Å². The molecule has 1 aromatic carbocycles. The SMILES string of the molecule is O=C(CN1CCN(Cc2ccsc2)CC1)NCc1ccccc1F. The molecule has 1 aliphatic heterocycles. The van der Waals surface area contributed by atoms with Gasteiger partial charge in [-0.2, -0.15) is 11.3 Å². The third kappa shape index (κ3) is 4.87. The van der Waals surface area contributed by atoms with Crippen molar-refractivity contribution in [3.05, 3.63) is 58.0 Å². The number of hydrogen-bond acceptors (Lipinski definition) is 4. The van der Waals surface area contributed by atoms with Crippen molar-refractivity contribution >= 4 is 17.2 Å². The van der Waals surface area contributed by atoms with Gasteiger partial charge in [0.15, 0.2) is 0 Å². The van der Waals surface area contributed by atoms with Crippen LogP contribution in [0.15, 0.2) is 41.1 Å². The number of thiophene rings is 1. The third-order valence-corrected chi connectivity index (χ3v) is 4.98. The van der Waals surface area contributed by atoms with Crippen LogP contribution in [0.5, 0.6) is 0 Å². The number of nitrogens with one attached hydrogen (secondary N) is 1. The zero-order valence-corrected chi connectivity index (χ0v) is 14.4. The molecule has 0 radical (unpaired) electrons. The van der Waals surface area contributed by atoms with Gasteiger partial charge in [0.25, 0.3) is 0 Å². The lowest BCUT2D eigenvalue weighted by Gasteiger charge is -2.34. The first-order chi connectivity index (χ1) is 11.7. The predicted molar refractivity (Wildman–Crippen MR) is 94.3 cm³/mol. The average Bonchev–Trinajstić information content (AvgIpc) is 3.09. The summed E-state index contributed by atoms with van der Waals surface area (Å²) in [5, 5.41) is 7.09. The fourth-order valence-corrected chi connectivity index (χ4v) is 3.50. The van der Waals surface area contributed by atoms with E-state index in [0.29, 0.717) is 12.1 Å². The monoisotopic (exact) mass is 347 g/mol. The van der Waals surface area contributed by atoms with Gasteiger partial charge in [0.1, 0.15) is 5.82 Å². The van der Waals surface area contributed by atoms with Gasteiger partial charge in [-0.1, -0.05) is 18.2 Å². The second-order valence-corrected chi connectivity index (χ2v) is 6.83. The summed E-state index contributed by atoms with van der Waals surface area (Å²) >= 11 is 1.73. The maximum absolute atomic E-state index is 13.5. The smallest absolute Gasteiger partial charge is 0.234 e. The van der Waals surface area contributed by atoms with Gasteiger partial charge in [0.05, 0.1) is 6.54 Å². The Morgan fingerprint density at radius 1 is 1.12 bits per heavy atom. The summed E-state index contributed by atoms with van der Waals surface area (Å²) in [4.78, 5) is 16.6. The minimum absolute atomic E-state index is 0.0514. The van der Waals surface area contributed by atoms with Gasteiger partial charge < -0.3 is 5.32 Å². The topological polar surface area (TPSA) is 35.6 Å². The zero-order valence-electron chi connectivity index (χ0n) is 13.6. The lowest BCUT2D eigenvalue weighted by atomic mass is 10.2. The number of piperazine rings is 1.